The third-order valence-corrected chi connectivity index (χ3v) is 3.51. The van der Waals surface area contributed by atoms with E-state index < -0.39 is 0 Å². The molecule has 21 heavy (non-hydrogen) atoms. The molecule has 0 bridgehead atoms. The van der Waals surface area contributed by atoms with Crippen molar-refractivity contribution >= 4 is 17.4 Å². The van der Waals surface area contributed by atoms with Gasteiger partial charge in [-0.3, -0.25) is 9.59 Å². The van der Waals surface area contributed by atoms with E-state index in [-0.39, 0.29) is 30.4 Å². The maximum atomic E-state index is 12.2. The van der Waals surface area contributed by atoms with Crippen molar-refractivity contribution in [3.63, 3.8) is 0 Å². The van der Waals surface area contributed by atoms with Crippen LogP contribution in [-0.4, -0.2) is 48.4 Å². The van der Waals surface area contributed by atoms with Crippen LogP contribution in [-0.2, 0) is 9.53 Å². The van der Waals surface area contributed by atoms with Crippen molar-refractivity contribution in [1.29, 1.82) is 0 Å². The van der Waals surface area contributed by atoms with E-state index in [1.54, 1.807) is 12.1 Å². The number of rotatable bonds is 4. The molecular formula is C16H22N2O3. The second-order valence-corrected chi connectivity index (χ2v) is 5.54. The molecule has 2 atom stereocenters. The zero-order valence-electron chi connectivity index (χ0n) is 12.8. The SMILES string of the molecule is CC(=O)c1ccc(NCC(=O)N2C[C@@H](C)O[C@H](C)C2)cc1. The lowest BCUT2D eigenvalue weighted by molar-refractivity contribution is -0.141. The number of nitrogens with one attached hydrogen (secondary N) is 1. The average Bonchev–Trinajstić information content (AvgIpc) is 2.44. The van der Waals surface area contributed by atoms with E-state index in [4.69, 9.17) is 4.74 Å². The fourth-order valence-corrected chi connectivity index (χ4v) is 2.49. The Kier molecular flexibility index (Phi) is 4.96. The van der Waals surface area contributed by atoms with Crippen molar-refractivity contribution in [3.8, 4) is 0 Å². The van der Waals surface area contributed by atoms with Gasteiger partial charge in [-0.1, -0.05) is 0 Å². The molecule has 5 nitrogen and oxygen atoms in total. The number of ketones is 1. The van der Waals surface area contributed by atoms with Gasteiger partial charge >= 0.3 is 0 Å². The zero-order chi connectivity index (χ0) is 15.4. The van der Waals surface area contributed by atoms with Gasteiger partial charge < -0.3 is 15.0 Å². The van der Waals surface area contributed by atoms with Gasteiger partial charge in [-0.15, -0.1) is 0 Å². The average molecular weight is 290 g/mol. The molecule has 1 aliphatic heterocycles. The maximum absolute atomic E-state index is 12.2. The predicted octanol–water partition coefficient (Wildman–Crippen LogP) is 1.94. The summed E-state index contributed by atoms with van der Waals surface area (Å²) in [5.41, 5.74) is 1.51. The molecule has 0 aliphatic carbocycles. The van der Waals surface area contributed by atoms with Gasteiger partial charge in [-0.2, -0.15) is 0 Å². The summed E-state index contributed by atoms with van der Waals surface area (Å²) in [7, 11) is 0. The molecule has 0 unspecified atom stereocenters. The highest BCUT2D eigenvalue weighted by atomic mass is 16.5. The largest absolute Gasteiger partial charge is 0.376 e. The van der Waals surface area contributed by atoms with Crippen LogP contribution >= 0.6 is 0 Å². The Bertz CT molecular complexity index is 503. The zero-order valence-corrected chi connectivity index (χ0v) is 12.8. The molecule has 1 aromatic rings. The molecule has 1 heterocycles. The lowest BCUT2D eigenvalue weighted by atomic mass is 10.1. The molecule has 1 amide bonds. The minimum Gasteiger partial charge on any atom is -0.376 e. The van der Waals surface area contributed by atoms with Crippen LogP contribution < -0.4 is 5.32 Å². The van der Waals surface area contributed by atoms with E-state index >= 15 is 0 Å². The van der Waals surface area contributed by atoms with E-state index in [0.29, 0.717) is 18.7 Å². The van der Waals surface area contributed by atoms with E-state index in [1.807, 2.05) is 30.9 Å². The van der Waals surface area contributed by atoms with Crippen LogP contribution in [0.25, 0.3) is 0 Å². The Hall–Kier alpha value is -1.88. The summed E-state index contributed by atoms with van der Waals surface area (Å²) in [5, 5.41) is 3.09. The van der Waals surface area contributed by atoms with Crippen LogP contribution in [0, 0.1) is 0 Å². The number of carbonyl (C=O) groups is 2. The first-order valence-corrected chi connectivity index (χ1v) is 7.24. The summed E-state index contributed by atoms with van der Waals surface area (Å²) >= 11 is 0. The Morgan fingerprint density at radius 3 is 2.29 bits per heavy atom. The first kappa shape index (κ1) is 15.5. The van der Waals surface area contributed by atoms with Crippen LogP contribution in [0.5, 0.6) is 0 Å². The van der Waals surface area contributed by atoms with Gasteiger partial charge in [0.25, 0.3) is 0 Å². The van der Waals surface area contributed by atoms with Gasteiger partial charge in [-0.25, -0.2) is 0 Å². The molecule has 1 aliphatic rings. The molecule has 0 saturated carbocycles. The molecule has 5 heteroatoms. The van der Waals surface area contributed by atoms with Crippen molar-refractivity contribution < 1.29 is 14.3 Å². The van der Waals surface area contributed by atoms with Crippen molar-refractivity contribution in [2.45, 2.75) is 33.0 Å². The van der Waals surface area contributed by atoms with Crippen LogP contribution in [0.1, 0.15) is 31.1 Å². The minimum atomic E-state index is 0.0360. The van der Waals surface area contributed by atoms with Crippen LogP contribution in [0.3, 0.4) is 0 Å². The number of nitrogens with zero attached hydrogens (tertiary/aromatic N) is 1. The number of hydrogen-bond donors (Lipinski definition) is 1. The first-order valence-electron chi connectivity index (χ1n) is 7.24. The van der Waals surface area contributed by atoms with Crippen molar-refractivity contribution in [3.05, 3.63) is 29.8 Å². The van der Waals surface area contributed by atoms with Crippen molar-refractivity contribution in [1.82, 2.24) is 4.90 Å². The molecule has 0 aromatic heterocycles. The second kappa shape index (κ2) is 6.72. The summed E-state index contributed by atoms with van der Waals surface area (Å²) in [4.78, 5) is 25.2. The Morgan fingerprint density at radius 1 is 1.19 bits per heavy atom. The number of amides is 1. The van der Waals surface area contributed by atoms with Gasteiger partial charge in [-0.05, 0) is 45.0 Å². The van der Waals surface area contributed by atoms with E-state index in [9.17, 15) is 9.59 Å². The third-order valence-electron chi connectivity index (χ3n) is 3.51. The first-order chi connectivity index (χ1) is 9.95. The van der Waals surface area contributed by atoms with Crippen LogP contribution in [0.4, 0.5) is 5.69 Å². The Labute approximate surface area is 125 Å². The van der Waals surface area contributed by atoms with Crippen LogP contribution in [0.15, 0.2) is 24.3 Å². The lowest BCUT2D eigenvalue weighted by Gasteiger charge is -2.35. The quantitative estimate of drug-likeness (QED) is 0.861. The summed E-state index contributed by atoms with van der Waals surface area (Å²) in [6.45, 7) is 7.00. The standard InChI is InChI=1S/C16H22N2O3/c1-11-9-18(10-12(2)21-11)16(20)8-17-15-6-4-14(5-7-15)13(3)19/h4-7,11-12,17H,8-10H2,1-3H3/t11-,12-/m1/s1. The summed E-state index contributed by atoms with van der Waals surface area (Å²) in [5.74, 6) is 0.0987. The second-order valence-electron chi connectivity index (χ2n) is 5.54. The normalized spacial score (nSPS) is 22.0. The van der Waals surface area contributed by atoms with Gasteiger partial charge in [0, 0.05) is 24.3 Å². The highest BCUT2D eigenvalue weighted by Crippen LogP contribution is 2.12. The molecule has 1 aromatic carbocycles. The van der Waals surface area contributed by atoms with Crippen LogP contribution in [0.2, 0.25) is 0 Å². The summed E-state index contributed by atoms with van der Waals surface area (Å²) in [6.07, 6.45) is 0.153. The highest BCUT2D eigenvalue weighted by molar-refractivity contribution is 5.94. The van der Waals surface area contributed by atoms with Gasteiger partial charge in [0.2, 0.25) is 5.91 Å². The fourth-order valence-electron chi connectivity index (χ4n) is 2.49. The molecular weight excluding hydrogens is 268 g/mol. The summed E-state index contributed by atoms with van der Waals surface area (Å²) < 4.78 is 5.62. The molecule has 0 spiro atoms. The van der Waals surface area contributed by atoms with Crippen molar-refractivity contribution in [2.24, 2.45) is 0 Å². The monoisotopic (exact) mass is 290 g/mol. The van der Waals surface area contributed by atoms with Gasteiger partial charge in [0.1, 0.15) is 0 Å². The Morgan fingerprint density at radius 2 is 1.76 bits per heavy atom. The lowest BCUT2D eigenvalue weighted by Crippen LogP contribution is -2.49. The van der Waals surface area contributed by atoms with E-state index in [1.165, 1.54) is 6.92 Å². The number of Topliss-reactive ketones (excluding diaryl/α,β-unsaturated/α-hetero) is 1. The topological polar surface area (TPSA) is 58.6 Å². The third kappa shape index (κ3) is 4.29. The van der Waals surface area contributed by atoms with Gasteiger partial charge in [0.05, 0.1) is 18.8 Å². The molecule has 1 N–H and O–H groups in total. The molecule has 114 valence electrons. The maximum Gasteiger partial charge on any atom is 0.242 e. The smallest absolute Gasteiger partial charge is 0.242 e. The minimum absolute atomic E-state index is 0.0360. The Balaban J connectivity index is 1.87. The molecule has 0 radical (unpaired) electrons. The van der Waals surface area contributed by atoms with E-state index in [0.717, 1.165) is 5.69 Å². The predicted molar refractivity (Wildman–Crippen MR) is 81.5 cm³/mol. The highest BCUT2D eigenvalue weighted by Gasteiger charge is 2.25. The number of benzene rings is 1. The molecule has 2 rings (SSSR count). The number of carbonyl (C=O) groups excluding carboxylic acids is 2. The van der Waals surface area contributed by atoms with Gasteiger partial charge in [0.15, 0.2) is 5.78 Å². The van der Waals surface area contributed by atoms with E-state index in [2.05, 4.69) is 5.32 Å². The molecule has 1 saturated heterocycles. The molecule has 1 fully saturated rings. The van der Waals surface area contributed by atoms with Crippen molar-refractivity contribution in [2.75, 3.05) is 25.0 Å². The number of anilines is 1. The summed E-state index contributed by atoms with van der Waals surface area (Å²) in [6, 6.07) is 7.14. The fraction of sp³-hybridized carbons (Fsp3) is 0.500. The number of hydrogen-bond acceptors (Lipinski definition) is 4. The number of ether oxygens (including phenoxy) is 1. The number of morpholine rings is 1.